The van der Waals surface area contributed by atoms with Crippen molar-refractivity contribution in [2.24, 2.45) is 7.05 Å². The van der Waals surface area contributed by atoms with E-state index in [-0.39, 0.29) is 17.2 Å². The molecule has 0 aliphatic rings. The van der Waals surface area contributed by atoms with E-state index >= 15 is 0 Å². The van der Waals surface area contributed by atoms with Crippen molar-refractivity contribution in [3.8, 4) is 17.0 Å². The summed E-state index contributed by atoms with van der Waals surface area (Å²) in [6.45, 7) is -0.0138. The second-order valence-electron chi connectivity index (χ2n) is 5.53. The van der Waals surface area contributed by atoms with Crippen LogP contribution in [0.2, 0.25) is 0 Å². The molecule has 0 saturated carbocycles. The van der Waals surface area contributed by atoms with Gasteiger partial charge >= 0.3 is 0 Å². The fourth-order valence-corrected chi connectivity index (χ4v) is 3.68. The van der Waals surface area contributed by atoms with E-state index in [2.05, 4.69) is 14.8 Å². The number of rotatable bonds is 6. The summed E-state index contributed by atoms with van der Waals surface area (Å²) < 4.78 is 47.8. The molecule has 0 radical (unpaired) electrons. The van der Waals surface area contributed by atoms with Gasteiger partial charge in [0.1, 0.15) is 16.5 Å². The van der Waals surface area contributed by atoms with Gasteiger partial charge in [0.25, 0.3) is 0 Å². The summed E-state index contributed by atoms with van der Waals surface area (Å²) >= 11 is 0. The molecule has 3 rings (SSSR count). The van der Waals surface area contributed by atoms with Gasteiger partial charge in [0.2, 0.25) is 10.0 Å². The quantitative estimate of drug-likeness (QED) is 0.712. The van der Waals surface area contributed by atoms with E-state index in [0.29, 0.717) is 11.3 Å². The standard InChI is InChI=1S/C17H17FN4O3S/c1-22-11-13(9-20-22)17-12(4-3-7-19-17)10-21-26(23,24)16-8-14(18)5-6-15(16)25-2/h3-9,11,21H,10H2,1-2H3. The maximum atomic E-state index is 13.5. The average Bonchev–Trinajstić information content (AvgIpc) is 3.06. The summed E-state index contributed by atoms with van der Waals surface area (Å²) in [5, 5.41) is 4.10. The zero-order chi connectivity index (χ0) is 18.7. The largest absolute Gasteiger partial charge is 0.495 e. The zero-order valence-corrected chi connectivity index (χ0v) is 15.0. The van der Waals surface area contributed by atoms with Crippen molar-refractivity contribution in [2.75, 3.05) is 7.11 Å². The van der Waals surface area contributed by atoms with Crippen molar-refractivity contribution in [2.45, 2.75) is 11.4 Å². The van der Waals surface area contributed by atoms with Crippen LogP contribution in [-0.2, 0) is 23.6 Å². The summed E-state index contributed by atoms with van der Waals surface area (Å²) in [7, 11) is -0.871. The van der Waals surface area contributed by atoms with Gasteiger partial charge in [-0.05, 0) is 29.8 Å². The fraction of sp³-hybridized carbons (Fsp3) is 0.176. The van der Waals surface area contributed by atoms with Crippen LogP contribution in [0.3, 0.4) is 0 Å². The van der Waals surface area contributed by atoms with Crippen molar-refractivity contribution in [1.29, 1.82) is 0 Å². The number of aromatic nitrogens is 3. The molecule has 2 heterocycles. The number of methoxy groups -OCH3 is 1. The number of pyridine rings is 1. The first-order valence-corrected chi connectivity index (χ1v) is 9.15. The first kappa shape index (κ1) is 18.0. The Morgan fingerprint density at radius 2 is 2.12 bits per heavy atom. The Morgan fingerprint density at radius 3 is 2.81 bits per heavy atom. The average molecular weight is 376 g/mol. The van der Waals surface area contributed by atoms with Gasteiger partial charge in [0.05, 0.1) is 19.0 Å². The molecule has 0 bridgehead atoms. The molecule has 9 heteroatoms. The Morgan fingerprint density at radius 1 is 1.31 bits per heavy atom. The monoisotopic (exact) mass is 376 g/mol. The van der Waals surface area contributed by atoms with E-state index in [1.165, 1.54) is 13.2 Å². The smallest absolute Gasteiger partial charge is 0.244 e. The number of hydrogen-bond donors (Lipinski definition) is 1. The van der Waals surface area contributed by atoms with Crippen LogP contribution in [0.5, 0.6) is 5.75 Å². The highest BCUT2D eigenvalue weighted by Gasteiger charge is 2.21. The zero-order valence-electron chi connectivity index (χ0n) is 14.2. The molecular weight excluding hydrogens is 359 g/mol. The van der Waals surface area contributed by atoms with Crippen LogP contribution in [0.15, 0.2) is 53.8 Å². The molecule has 3 aromatic rings. The van der Waals surface area contributed by atoms with Crippen molar-refractivity contribution < 1.29 is 17.5 Å². The molecule has 1 N–H and O–H groups in total. The van der Waals surface area contributed by atoms with Gasteiger partial charge in [-0.15, -0.1) is 0 Å². The number of ether oxygens (including phenoxy) is 1. The van der Waals surface area contributed by atoms with E-state index in [1.807, 2.05) is 0 Å². The molecule has 0 saturated heterocycles. The highest BCUT2D eigenvalue weighted by Crippen LogP contribution is 2.25. The van der Waals surface area contributed by atoms with Crippen molar-refractivity contribution in [3.05, 3.63) is 60.3 Å². The molecule has 0 amide bonds. The molecule has 0 aliphatic carbocycles. The molecule has 0 fully saturated rings. The number of halogens is 1. The normalized spacial score (nSPS) is 11.5. The third-order valence-corrected chi connectivity index (χ3v) is 5.16. The predicted molar refractivity (Wildman–Crippen MR) is 93.4 cm³/mol. The lowest BCUT2D eigenvalue weighted by Crippen LogP contribution is -2.24. The van der Waals surface area contributed by atoms with Gasteiger partial charge in [0.15, 0.2) is 0 Å². The van der Waals surface area contributed by atoms with Crippen LogP contribution in [0, 0.1) is 5.82 Å². The Kier molecular flexibility index (Phi) is 5.01. The summed E-state index contributed by atoms with van der Waals surface area (Å²) in [6.07, 6.45) is 5.06. The lowest BCUT2D eigenvalue weighted by atomic mass is 10.1. The van der Waals surface area contributed by atoms with Crippen LogP contribution in [0.4, 0.5) is 4.39 Å². The molecule has 0 aliphatic heterocycles. The Labute approximate surface area is 150 Å². The molecule has 1 aromatic carbocycles. The minimum atomic E-state index is -3.98. The van der Waals surface area contributed by atoms with Gasteiger partial charge in [-0.3, -0.25) is 9.67 Å². The lowest BCUT2D eigenvalue weighted by molar-refractivity contribution is 0.400. The van der Waals surface area contributed by atoms with Gasteiger partial charge in [0, 0.05) is 31.5 Å². The number of hydrogen-bond acceptors (Lipinski definition) is 5. The van der Waals surface area contributed by atoms with E-state index in [9.17, 15) is 12.8 Å². The van der Waals surface area contributed by atoms with Gasteiger partial charge < -0.3 is 4.74 Å². The highest BCUT2D eigenvalue weighted by molar-refractivity contribution is 7.89. The molecule has 0 spiro atoms. The Bertz CT molecular complexity index is 1030. The highest BCUT2D eigenvalue weighted by atomic mass is 32.2. The lowest BCUT2D eigenvalue weighted by Gasteiger charge is -2.12. The minimum Gasteiger partial charge on any atom is -0.495 e. The second kappa shape index (κ2) is 7.22. The van der Waals surface area contributed by atoms with Crippen LogP contribution < -0.4 is 9.46 Å². The molecule has 26 heavy (non-hydrogen) atoms. The van der Waals surface area contributed by atoms with E-state index in [1.54, 1.807) is 42.5 Å². The Hall–Kier alpha value is -2.78. The van der Waals surface area contributed by atoms with Crippen LogP contribution >= 0.6 is 0 Å². The Balaban J connectivity index is 1.89. The summed E-state index contributed by atoms with van der Waals surface area (Å²) in [6, 6.07) is 6.81. The van der Waals surface area contributed by atoms with Gasteiger partial charge in [-0.2, -0.15) is 5.10 Å². The first-order valence-electron chi connectivity index (χ1n) is 7.67. The summed E-state index contributed by atoms with van der Waals surface area (Å²) in [5.74, 6) is -0.596. The van der Waals surface area contributed by atoms with Crippen molar-refractivity contribution >= 4 is 10.0 Å². The number of nitrogens with zero attached hydrogens (tertiary/aromatic N) is 3. The van der Waals surface area contributed by atoms with Crippen LogP contribution in [0.1, 0.15) is 5.56 Å². The summed E-state index contributed by atoms with van der Waals surface area (Å²) in [5.41, 5.74) is 2.06. The fourth-order valence-electron chi connectivity index (χ4n) is 2.50. The first-order chi connectivity index (χ1) is 12.4. The molecule has 2 aromatic heterocycles. The molecule has 0 atom stereocenters. The minimum absolute atomic E-state index is 0.0138. The van der Waals surface area contributed by atoms with Gasteiger partial charge in [-0.1, -0.05) is 6.07 Å². The van der Waals surface area contributed by atoms with E-state index in [4.69, 9.17) is 4.74 Å². The van der Waals surface area contributed by atoms with Crippen LogP contribution in [-0.4, -0.2) is 30.3 Å². The number of nitrogens with one attached hydrogen (secondary N) is 1. The van der Waals surface area contributed by atoms with E-state index in [0.717, 1.165) is 17.7 Å². The van der Waals surface area contributed by atoms with Crippen molar-refractivity contribution in [1.82, 2.24) is 19.5 Å². The molecule has 136 valence electrons. The second-order valence-corrected chi connectivity index (χ2v) is 7.27. The maximum Gasteiger partial charge on any atom is 0.244 e. The number of sulfonamides is 1. The third-order valence-electron chi connectivity index (χ3n) is 3.74. The predicted octanol–water partition coefficient (Wildman–Crippen LogP) is 2.11. The number of benzene rings is 1. The van der Waals surface area contributed by atoms with Crippen molar-refractivity contribution in [3.63, 3.8) is 0 Å². The SMILES string of the molecule is COc1ccc(F)cc1S(=O)(=O)NCc1cccnc1-c1cnn(C)c1. The third kappa shape index (κ3) is 3.73. The molecule has 0 unspecified atom stereocenters. The summed E-state index contributed by atoms with van der Waals surface area (Å²) in [4.78, 5) is 4.05. The maximum absolute atomic E-state index is 13.5. The molecule has 7 nitrogen and oxygen atoms in total. The molecular formula is C17H17FN4O3S. The topological polar surface area (TPSA) is 86.1 Å². The van der Waals surface area contributed by atoms with Gasteiger partial charge in [-0.25, -0.2) is 17.5 Å². The van der Waals surface area contributed by atoms with Crippen LogP contribution in [0.25, 0.3) is 11.3 Å². The number of aryl methyl sites for hydroxylation is 1. The van der Waals surface area contributed by atoms with E-state index < -0.39 is 15.8 Å².